The normalized spacial score (nSPS) is 18.0. The molecule has 0 aliphatic carbocycles. The maximum Gasteiger partial charge on any atom is 0.414 e. The van der Waals surface area contributed by atoms with Crippen molar-refractivity contribution < 1.29 is 41.1 Å². The van der Waals surface area contributed by atoms with Gasteiger partial charge in [-0.3, -0.25) is 9.48 Å². The number of sulfone groups is 1. The zero-order valence-corrected chi connectivity index (χ0v) is 21.9. The zero-order valence-electron chi connectivity index (χ0n) is 20.3. The molecule has 0 spiro atoms. The molecule has 1 fully saturated rings. The summed E-state index contributed by atoms with van der Waals surface area (Å²) in [6.45, 7) is -0.0929. The van der Waals surface area contributed by atoms with Crippen LogP contribution in [0.5, 0.6) is 5.75 Å². The SMILES string of the molecule is CN(C)C(=O)Oc1ccc(C[C@@H](C(=O)O)N(C(=O)C2CS(=O)(=O)CCN2)S(=O)(=O)c2cnn(C)c2)cc1. The maximum absolute atomic E-state index is 13.5. The van der Waals surface area contributed by atoms with Gasteiger partial charge in [-0.05, 0) is 17.7 Å². The predicted molar refractivity (Wildman–Crippen MR) is 129 cm³/mol. The van der Waals surface area contributed by atoms with Crippen molar-refractivity contribution in [3.05, 3.63) is 42.2 Å². The number of aryl methyl sites for hydroxylation is 1. The number of rotatable bonds is 8. The van der Waals surface area contributed by atoms with Crippen molar-refractivity contribution >= 4 is 37.8 Å². The number of carbonyl (C=O) groups excluding carboxylic acids is 2. The van der Waals surface area contributed by atoms with Crippen LogP contribution in [0.3, 0.4) is 0 Å². The Kier molecular flexibility index (Phi) is 8.24. The molecule has 1 unspecified atom stereocenters. The summed E-state index contributed by atoms with van der Waals surface area (Å²) >= 11 is 0. The number of sulfonamides is 1. The minimum absolute atomic E-state index is 0.0929. The number of carboxylic acid groups (broad SMARTS) is 1. The van der Waals surface area contributed by atoms with Crippen molar-refractivity contribution in [1.82, 2.24) is 24.3 Å². The van der Waals surface area contributed by atoms with Gasteiger partial charge in [0.15, 0.2) is 9.84 Å². The highest BCUT2D eigenvalue weighted by Crippen LogP contribution is 2.24. The highest BCUT2D eigenvalue weighted by atomic mass is 32.2. The van der Waals surface area contributed by atoms with E-state index < -0.39 is 67.0 Å². The van der Waals surface area contributed by atoms with Crippen molar-refractivity contribution in [1.29, 1.82) is 0 Å². The first-order valence-electron chi connectivity index (χ1n) is 10.9. The summed E-state index contributed by atoms with van der Waals surface area (Å²) < 4.78 is 57.8. The standard InChI is InChI=1S/C21H27N5O9S2/c1-24(2)21(30)35-15-6-4-14(5-7-15)10-18(20(28)29)26(37(33,34)16-11-23-25(3)12-16)19(27)17-13-36(31,32)9-8-22-17/h4-7,11-12,17-18,22H,8-10,13H2,1-3H3,(H,28,29)/t17?,18-/m0/s1. The Balaban J connectivity index is 1.99. The number of ether oxygens (including phenoxy) is 1. The van der Waals surface area contributed by atoms with E-state index in [2.05, 4.69) is 10.4 Å². The van der Waals surface area contributed by atoms with Gasteiger partial charge in [0.25, 0.3) is 15.9 Å². The second kappa shape index (κ2) is 10.9. The summed E-state index contributed by atoms with van der Waals surface area (Å²) in [7, 11) is -3.98. The second-order valence-corrected chi connectivity index (χ2v) is 12.6. The predicted octanol–water partition coefficient (Wildman–Crippen LogP) is -0.920. The van der Waals surface area contributed by atoms with Gasteiger partial charge in [0, 0.05) is 40.3 Å². The van der Waals surface area contributed by atoms with Crippen molar-refractivity contribution in [3.8, 4) is 5.75 Å². The van der Waals surface area contributed by atoms with E-state index in [1.54, 1.807) is 0 Å². The van der Waals surface area contributed by atoms with E-state index >= 15 is 0 Å². The minimum Gasteiger partial charge on any atom is -0.480 e. The van der Waals surface area contributed by atoms with Gasteiger partial charge in [0.05, 0.1) is 17.7 Å². The van der Waals surface area contributed by atoms with E-state index in [-0.39, 0.29) is 22.4 Å². The maximum atomic E-state index is 13.5. The Morgan fingerprint density at radius 2 is 1.89 bits per heavy atom. The molecular formula is C21H27N5O9S2. The number of amides is 2. The Labute approximate surface area is 213 Å². The first-order valence-corrected chi connectivity index (χ1v) is 14.2. The third-order valence-corrected chi connectivity index (χ3v) is 8.89. The molecule has 1 saturated heterocycles. The average molecular weight is 558 g/mol. The number of nitrogens with one attached hydrogen (secondary N) is 1. The molecule has 202 valence electrons. The molecule has 2 atom stereocenters. The van der Waals surface area contributed by atoms with Crippen molar-refractivity contribution in [3.63, 3.8) is 0 Å². The van der Waals surface area contributed by atoms with E-state index in [1.165, 1.54) is 55.0 Å². The number of nitrogens with zero attached hydrogens (tertiary/aromatic N) is 4. The summed E-state index contributed by atoms with van der Waals surface area (Å²) in [6, 6.07) is 2.27. The molecule has 0 saturated carbocycles. The van der Waals surface area contributed by atoms with Crippen LogP contribution in [0.25, 0.3) is 0 Å². The fraction of sp³-hybridized carbons (Fsp3) is 0.429. The molecule has 3 rings (SSSR count). The molecule has 1 aromatic carbocycles. The Morgan fingerprint density at radius 3 is 2.41 bits per heavy atom. The minimum atomic E-state index is -4.75. The first kappa shape index (κ1) is 28.1. The second-order valence-electron chi connectivity index (χ2n) is 8.57. The fourth-order valence-corrected chi connectivity index (χ4v) is 6.48. The molecule has 1 aliphatic heterocycles. The van der Waals surface area contributed by atoms with Gasteiger partial charge in [-0.15, -0.1) is 0 Å². The highest BCUT2D eigenvalue weighted by Gasteiger charge is 2.44. The molecule has 2 aromatic rings. The van der Waals surface area contributed by atoms with Crippen LogP contribution in [0.1, 0.15) is 5.56 Å². The van der Waals surface area contributed by atoms with Crippen LogP contribution in [-0.4, -0.2) is 103 Å². The number of aliphatic carboxylic acids is 1. The number of carbonyl (C=O) groups is 3. The van der Waals surface area contributed by atoms with Crippen molar-refractivity contribution in [2.45, 2.75) is 23.4 Å². The lowest BCUT2D eigenvalue weighted by molar-refractivity contribution is -0.146. The van der Waals surface area contributed by atoms with E-state index in [4.69, 9.17) is 4.74 Å². The van der Waals surface area contributed by atoms with Crippen LogP contribution in [0.4, 0.5) is 4.79 Å². The van der Waals surface area contributed by atoms with Crippen LogP contribution >= 0.6 is 0 Å². The van der Waals surface area contributed by atoms with Crippen LogP contribution < -0.4 is 10.1 Å². The molecule has 16 heteroatoms. The van der Waals surface area contributed by atoms with Gasteiger partial charge in [0.1, 0.15) is 22.7 Å². The number of carboxylic acids is 1. The van der Waals surface area contributed by atoms with Crippen molar-refractivity contribution in [2.24, 2.45) is 7.05 Å². The number of aromatic nitrogens is 2. The third kappa shape index (κ3) is 6.64. The third-order valence-electron chi connectivity index (χ3n) is 5.47. The molecule has 0 radical (unpaired) electrons. The largest absolute Gasteiger partial charge is 0.480 e. The monoisotopic (exact) mass is 557 g/mol. The van der Waals surface area contributed by atoms with E-state index in [1.807, 2.05) is 0 Å². The summed E-state index contributed by atoms with van der Waals surface area (Å²) in [5.41, 5.74) is 0.320. The average Bonchev–Trinajstić information content (AvgIpc) is 3.26. The smallest absolute Gasteiger partial charge is 0.414 e. The van der Waals surface area contributed by atoms with E-state index in [0.717, 1.165) is 12.4 Å². The molecule has 1 aromatic heterocycles. The molecule has 2 N–H and O–H groups in total. The van der Waals surface area contributed by atoms with Crippen LogP contribution in [-0.2, 0) is 42.9 Å². The molecule has 2 amide bonds. The lowest BCUT2D eigenvalue weighted by Gasteiger charge is -2.32. The fourth-order valence-electron chi connectivity index (χ4n) is 3.56. The van der Waals surface area contributed by atoms with Gasteiger partial charge >= 0.3 is 12.1 Å². The molecule has 14 nitrogen and oxygen atoms in total. The Bertz CT molecular complexity index is 1390. The summed E-state index contributed by atoms with van der Waals surface area (Å²) in [5.74, 6) is -3.58. The van der Waals surface area contributed by atoms with Gasteiger partial charge in [-0.2, -0.15) is 5.10 Å². The molecule has 1 aliphatic rings. The molecule has 2 heterocycles. The Hall–Kier alpha value is -3.50. The number of benzene rings is 1. The van der Waals surface area contributed by atoms with Gasteiger partial charge in [-0.1, -0.05) is 12.1 Å². The van der Waals surface area contributed by atoms with E-state index in [0.29, 0.717) is 5.56 Å². The lowest BCUT2D eigenvalue weighted by Crippen LogP contribution is -2.59. The molecule has 0 bridgehead atoms. The summed E-state index contributed by atoms with van der Waals surface area (Å²) in [6.07, 6.45) is 0.994. The zero-order chi connectivity index (χ0) is 27.5. The van der Waals surface area contributed by atoms with Crippen LogP contribution in [0, 0.1) is 0 Å². The topological polar surface area (TPSA) is 185 Å². The summed E-state index contributed by atoms with van der Waals surface area (Å²) in [4.78, 5) is 38.3. The molecular weight excluding hydrogens is 530 g/mol. The Morgan fingerprint density at radius 1 is 1.24 bits per heavy atom. The number of hydrogen-bond acceptors (Lipinski definition) is 10. The summed E-state index contributed by atoms with van der Waals surface area (Å²) in [5, 5.41) is 16.5. The molecule has 37 heavy (non-hydrogen) atoms. The van der Waals surface area contributed by atoms with Gasteiger partial charge in [0.2, 0.25) is 0 Å². The van der Waals surface area contributed by atoms with Crippen molar-refractivity contribution in [2.75, 3.05) is 32.1 Å². The van der Waals surface area contributed by atoms with Gasteiger partial charge < -0.3 is 20.1 Å². The van der Waals surface area contributed by atoms with E-state index in [9.17, 15) is 36.3 Å². The van der Waals surface area contributed by atoms with Crippen LogP contribution in [0.15, 0.2) is 41.6 Å². The van der Waals surface area contributed by atoms with Gasteiger partial charge in [-0.25, -0.2) is 30.7 Å². The number of hydrogen-bond donors (Lipinski definition) is 2. The van der Waals surface area contributed by atoms with Crippen LogP contribution in [0.2, 0.25) is 0 Å². The first-order chi connectivity index (χ1) is 17.2. The quantitative estimate of drug-likeness (QED) is 0.409. The lowest BCUT2D eigenvalue weighted by atomic mass is 10.1. The highest BCUT2D eigenvalue weighted by molar-refractivity contribution is 7.91.